The summed E-state index contributed by atoms with van der Waals surface area (Å²) in [6, 6.07) is 0. The lowest BCUT2D eigenvalue weighted by molar-refractivity contribution is -0.110. The van der Waals surface area contributed by atoms with Crippen molar-refractivity contribution in [1.29, 1.82) is 0 Å². The summed E-state index contributed by atoms with van der Waals surface area (Å²) in [5.74, 6) is -0.143. The first-order valence-corrected chi connectivity index (χ1v) is 2.86. The van der Waals surface area contributed by atoms with E-state index >= 15 is 0 Å². The predicted octanol–water partition coefficient (Wildman–Crippen LogP) is 0.967. The molecule has 0 N–H and O–H groups in total. The molecule has 0 aromatic heterocycles. The molecule has 50 valence electrons. The molecule has 2 nitrogen and oxygen atoms in total. The second-order valence-electron chi connectivity index (χ2n) is 1.78. The van der Waals surface area contributed by atoms with E-state index in [4.69, 9.17) is 0 Å². The van der Waals surface area contributed by atoms with Gasteiger partial charge in [-0.15, -0.1) is 6.58 Å². The van der Waals surface area contributed by atoms with Crippen molar-refractivity contribution in [3.8, 4) is 0 Å². The maximum Gasteiger partial charge on any atom is 0.126 e. The minimum Gasteiger partial charge on any atom is -0.303 e. The Kier molecular flexibility index (Phi) is 4.69. The van der Waals surface area contributed by atoms with Crippen LogP contribution in [0.15, 0.2) is 12.7 Å². The Morgan fingerprint density at radius 3 is 2.44 bits per heavy atom. The van der Waals surface area contributed by atoms with E-state index in [0.717, 1.165) is 12.6 Å². The Morgan fingerprint density at radius 1 is 1.44 bits per heavy atom. The van der Waals surface area contributed by atoms with Crippen LogP contribution in [0.2, 0.25) is 0 Å². The van der Waals surface area contributed by atoms with E-state index in [1.165, 1.54) is 0 Å². The fourth-order valence-electron chi connectivity index (χ4n) is 0.502. The Hall–Kier alpha value is -0.920. The maximum absolute atomic E-state index is 10.1. The number of rotatable bonds is 5. The molecule has 0 aromatic carbocycles. The van der Waals surface area contributed by atoms with Gasteiger partial charge in [0.05, 0.1) is 0 Å². The van der Waals surface area contributed by atoms with Gasteiger partial charge in [0, 0.05) is 12.3 Å². The van der Waals surface area contributed by atoms with E-state index in [9.17, 15) is 9.59 Å². The minimum absolute atomic E-state index is 0.143. The van der Waals surface area contributed by atoms with Crippen LogP contribution in [0.1, 0.15) is 12.8 Å². The number of hydrogen-bond donors (Lipinski definition) is 0. The van der Waals surface area contributed by atoms with Gasteiger partial charge >= 0.3 is 0 Å². The number of carbonyl (C=O) groups excluding carboxylic acids is 2. The average molecular weight is 126 g/mol. The molecule has 9 heavy (non-hydrogen) atoms. The molecule has 1 atom stereocenters. The van der Waals surface area contributed by atoms with Crippen LogP contribution in [0.5, 0.6) is 0 Å². The summed E-state index contributed by atoms with van der Waals surface area (Å²) in [4.78, 5) is 19.8. The molecule has 0 saturated carbocycles. The van der Waals surface area contributed by atoms with Gasteiger partial charge in [-0.2, -0.15) is 0 Å². The largest absolute Gasteiger partial charge is 0.303 e. The third kappa shape index (κ3) is 3.64. The number of aldehydes is 2. The van der Waals surface area contributed by atoms with Gasteiger partial charge in [0.25, 0.3) is 0 Å². The zero-order valence-electron chi connectivity index (χ0n) is 5.25. The molecule has 0 fully saturated rings. The van der Waals surface area contributed by atoms with Gasteiger partial charge in [0.15, 0.2) is 0 Å². The molecule has 0 saturated heterocycles. The predicted molar refractivity (Wildman–Crippen MR) is 35.0 cm³/mol. The van der Waals surface area contributed by atoms with Gasteiger partial charge in [-0.1, -0.05) is 6.08 Å². The lowest BCUT2D eigenvalue weighted by atomic mass is 10.1. The van der Waals surface area contributed by atoms with Crippen molar-refractivity contribution in [1.82, 2.24) is 0 Å². The van der Waals surface area contributed by atoms with Crippen LogP contribution in [-0.4, -0.2) is 12.6 Å². The fourth-order valence-corrected chi connectivity index (χ4v) is 0.502. The third-order valence-electron chi connectivity index (χ3n) is 1.10. The SMILES string of the molecule is C=CC(C=O)CCC=O. The van der Waals surface area contributed by atoms with E-state index in [2.05, 4.69) is 6.58 Å². The smallest absolute Gasteiger partial charge is 0.126 e. The summed E-state index contributed by atoms with van der Waals surface area (Å²) >= 11 is 0. The highest BCUT2D eigenvalue weighted by molar-refractivity contribution is 5.58. The summed E-state index contributed by atoms with van der Waals surface area (Å²) in [5.41, 5.74) is 0. The van der Waals surface area contributed by atoms with Crippen molar-refractivity contribution in [2.24, 2.45) is 5.92 Å². The van der Waals surface area contributed by atoms with Crippen LogP contribution >= 0.6 is 0 Å². The quantitative estimate of drug-likeness (QED) is 0.406. The summed E-state index contributed by atoms with van der Waals surface area (Å²) in [6.45, 7) is 3.44. The highest BCUT2D eigenvalue weighted by Crippen LogP contribution is 2.01. The summed E-state index contributed by atoms with van der Waals surface area (Å²) in [5, 5.41) is 0. The Balaban J connectivity index is 3.41. The van der Waals surface area contributed by atoms with E-state index in [0.29, 0.717) is 12.8 Å². The van der Waals surface area contributed by atoms with E-state index in [1.54, 1.807) is 6.08 Å². The lowest BCUT2D eigenvalue weighted by Gasteiger charge is -1.96. The molecule has 1 unspecified atom stereocenters. The number of hydrogen-bond acceptors (Lipinski definition) is 2. The zero-order chi connectivity index (χ0) is 7.11. The van der Waals surface area contributed by atoms with Crippen LogP contribution in [0.3, 0.4) is 0 Å². The third-order valence-corrected chi connectivity index (χ3v) is 1.10. The molecule has 2 heteroatoms. The fraction of sp³-hybridized carbons (Fsp3) is 0.429. The molecule has 0 amide bonds. The summed E-state index contributed by atoms with van der Waals surface area (Å²) < 4.78 is 0. The van der Waals surface area contributed by atoms with Gasteiger partial charge in [-0.25, -0.2) is 0 Å². The summed E-state index contributed by atoms with van der Waals surface area (Å²) in [7, 11) is 0. The highest BCUT2D eigenvalue weighted by Gasteiger charge is 1.98. The maximum atomic E-state index is 10.1. The molecular formula is C7H10O2. The molecule has 0 heterocycles. The van der Waals surface area contributed by atoms with E-state index in [-0.39, 0.29) is 5.92 Å². The molecule has 0 aromatic rings. The van der Waals surface area contributed by atoms with Crippen LogP contribution in [0.25, 0.3) is 0 Å². The lowest BCUT2D eigenvalue weighted by Crippen LogP contribution is -1.96. The highest BCUT2D eigenvalue weighted by atomic mass is 16.1. The molecule has 0 radical (unpaired) electrons. The van der Waals surface area contributed by atoms with E-state index in [1.807, 2.05) is 0 Å². The Bertz CT molecular complexity index is 99.5. The second-order valence-corrected chi connectivity index (χ2v) is 1.78. The number of allylic oxidation sites excluding steroid dienone is 1. The van der Waals surface area contributed by atoms with Crippen molar-refractivity contribution in [2.45, 2.75) is 12.8 Å². The first-order chi connectivity index (χ1) is 4.35. The first kappa shape index (κ1) is 8.08. The van der Waals surface area contributed by atoms with Crippen molar-refractivity contribution in [3.05, 3.63) is 12.7 Å². The van der Waals surface area contributed by atoms with Gasteiger partial charge < -0.3 is 9.59 Å². The summed E-state index contributed by atoms with van der Waals surface area (Å²) in [6.07, 6.45) is 4.19. The van der Waals surface area contributed by atoms with Gasteiger partial charge in [-0.3, -0.25) is 0 Å². The second kappa shape index (κ2) is 5.22. The van der Waals surface area contributed by atoms with Gasteiger partial charge in [0.1, 0.15) is 12.6 Å². The van der Waals surface area contributed by atoms with Crippen molar-refractivity contribution in [2.75, 3.05) is 0 Å². The number of carbonyl (C=O) groups is 2. The molecule has 0 aliphatic carbocycles. The van der Waals surface area contributed by atoms with Crippen LogP contribution < -0.4 is 0 Å². The van der Waals surface area contributed by atoms with Crippen molar-refractivity contribution in [3.63, 3.8) is 0 Å². The monoisotopic (exact) mass is 126 g/mol. The topological polar surface area (TPSA) is 34.1 Å². The van der Waals surface area contributed by atoms with Crippen LogP contribution in [0, 0.1) is 5.92 Å². The normalized spacial score (nSPS) is 12.0. The zero-order valence-corrected chi connectivity index (χ0v) is 5.25. The first-order valence-electron chi connectivity index (χ1n) is 2.86. The molecule has 0 spiro atoms. The van der Waals surface area contributed by atoms with Gasteiger partial charge in [0.2, 0.25) is 0 Å². The Labute approximate surface area is 54.6 Å². The molecular weight excluding hydrogens is 116 g/mol. The molecule has 0 rings (SSSR count). The molecule has 0 bridgehead atoms. The minimum atomic E-state index is -0.143. The standard InChI is InChI=1S/C7H10O2/c1-2-7(6-9)4-3-5-8/h2,5-7H,1,3-4H2. The van der Waals surface area contributed by atoms with E-state index < -0.39 is 0 Å². The van der Waals surface area contributed by atoms with Crippen molar-refractivity contribution >= 4 is 12.6 Å². The van der Waals surface area contributed by atoms with Crippen molar-refractivity contribution < 1.29 is 9.59 Å². The van der Waals surface area contributed by atoms with Gasteiger partial charge in [-0.05, 0) is 6.42 Å². The molecule has 0 aliphatic rings. The Morgan fingerprint density at radius 2 is 2.11 bits per heavy atom. The van der Waals surface area contributed by atoms with Crippen LogP contribution in [-0.2, 0) is 9.59 Å². The van der Waals surface area contributed by atoms with Crippen LogP contribution in [0.4, 0.5) is 0 Å². The molecule has 0 aliphatic heterocycles. The average Bonchev–Trinajstić information content (AvgIpc) is 1.91.